The maximum atomic E-state index is 10.1. The van der Waals surface area contributed by atoms with Gasteiger partial charge in [0.05, 0.1) is 6.54 Å². The van der Waals surface area contributed by atoms with Crippen LogP contribution in [0.25, 0.3) is 0 Å². The molecule has 24 heavy (non-hydrogen) atoms. The van der Waals surface area contributed by atoms with Gasteiger partial charge in [-0.15, -0.1) is 0 Å². The van der Waals surface area contributed by atoms with Gasteiger partial charge >= 0.3 is 0 Å². The van der Waals surface area contributed by atoms with Gasteiger partial charge in [0, 0.05) is 18.3 Å². The van der Waals surface area contributed by atoms with Crippen molar-refractivity contribution in [2.24, 2.45) is 4.99 Å². The van der Waals surface area contributed by atoms with Crippen LogP contribution in [0.4, 0.5) is 0 Å². The van der Waals surface area contributed by atoms with E-state index < -0.39 is 6.10 Å². The lowest BCUT2D eigenvalue weighted by molar-refractivity contribution is 0.114. The summed E-state index contributed by atoms with van der Waals surface area (Å²) in [6.45, 7) is 6.35. The number of nitrogens with one attached hydrogen (secondary N) is 2. The Morgan fingerprint density at radius 3 is 3.04 bits per heavy atom. The number of aliphatic hydroxyl groups is 1. The highest BCUT2D eigenvalue weighted by Crippen LogP contribution is 2.25. The first-order chi connectivity index (χ1) is 11.7. The van der Waals surface area contributed by atoms with Crippen LogP contribution in [0.1, 0.15) is 25.3 Å². The number of nitrogens with zero attached hydrogens (tertiary/aromatic N) is 1. The average Bonchev–Trinajstić information content (AvgIpc) is 3.09. The van der Waals surface area contributed by atoms with Crippen LogP contribution >= 0.6 is 11.8 Å². The molecule has 5 nitrogen and oxygen atoms in total. The van der Waals surface area contributed by atoms with Gasteiger partial charge in [-0.3, -0.25) is 4.99 Å². The molecule has 1 saturated heterocycles. The summed E-state index contributed by atoms with van der Waals surface area (Å²) in [4.78, 5) is 4.46. The average molecular weight is 352 g/mol. The van der Waals surface area contributed by atoms with Crippen molar-refractivity contribution in [2.75, 3.05) is 32.0 Å². The highest BCUT2D eigenvalue weighted by Gasteiger charge is 2.15. The van der Waals surface area contributed by atoms with Gasteiger partial charge in [0.25, 0.3) is 0 Å². The number of rotatable bonds is 8. The standard InChI is InChI=1S/C18H29N3O2S/c1-3-19-18(21-12-17-8-5-9-24-17)20-11-15(22)13-23-16-7-4-6-14(2)10-16/h4,6-7,10,15,17,22H,3,5,8-9,11-13H2,1-2H3,(H2,19,20,21). The molecule has 2 rings (SSSR count). The number of thioether (sulfide) groups is 1. The molecule has 1 heterocycles. The molecule has 3 N–H and O–H groups in total. The van der Waals surface area contributed by atoms with Gasteiger partial charge in [-0.05, 0) is 50.1 Å². The van der Waals surface area contributed by atoms with Gasteiger partial charge in [-0.1, -0.05) is 12.1 Å². The van der Waals surface area contributed by atoms with E-state index in [2.05, 4.69) is 15.6 Å². The van der Waals surface area contributed by atoms with Crippen molar-refractivity contribution < 1.29 is 9.84 Å². The highest BCUT2D eigenvalue weighted by molar-refractivity contribution is 8.00. The highest BCUT2D eigenvalue weighted by atomic mass is 32.2. The minimum Gasteiger partial charge on any atom is -0.491 e. The second-order valence-electron chi connectivity index (χ2n) is 6.02. The van der Waals surface area contributed by atoms with Crippen molar-refractivity contribution in [3.8, 4) is 5.75 Å². The van der Waals surface area contributed by atoms with Gasteiger partial charge in [-0.25, -0.2) is 0 Å². The summed E-state index contributed by atoms with van der Waals surface area (Å²) >= 11 is 2.02. The second kappa shape index (κ2) is 10.5. The van der Waals surface area contributed by atoms with Crippen LogP contribution in [-0.4, -0.2) is 54.4 Å². The Labute approximate surface area is 149 Å². The van der Waals surface area contributed by atoms with Crippen LogP contribution in [-0.2, 0) is 0 Å². The van der Waals surface area contributed by atoms with Crippen molar-refractivity contribution in [3.05, 3.63) is 29.8 Å². The van der Waals surface area contributed by atoms with Crippen molar-refractivity contribution in [1.82, 2.24) is 10.6 Å². The van der Waals surface area contributed by atoms with Crippen LogP contribution in [0.15, 0.2) is 29.3 Å². The van der Waals surface area contributed by atoms with Crippen LogP contribution in [0.5, 0.6) is 5.75 Å². The summed E-state index contributed by atoms with van der Waals surface area (Å²) < 4.78 is 5.62. The number of aryl methyl sites for hydroxylation is 1. The molecule has 0 aliphatic carbocycles. The first kappa shape index (κ1) is 18.9. The van der Waals surface area contributed by atoms with E-state index in [1.54, 1.807) is 0 Å². The fraction of sp³-hybridized carbons (Fsp3) is 0.611. The molecule has 0 saturated carbocycles. The van der Waals surface area contributed by atoms with E-state index in [1.165, 1.54) is 18.6 Å². The number of aliphatic imine (C=N–C) groups is 1. The smallest absolute Gasteiger partial charge is 0.191 e. The van der Waals surface area contributed by atoms with Crippen molar-refractivity contribution in [3.63, 3.8) is 0 Å². The first-order valence-corrected chi connectivity index (χ1v) is 9.73. The summed E-state index contributed by atoms with van der Waals surface area (Å²) in [5.41, 5.74) is 1.14. The van der Waals surface area contributed by atoms with Crippen LogP contribution in [0.2, 0.25) is 0 Å². The number of guanidine groups is 1. The normalized spacial score (nSPS) is 19.1. The van der Waals surface area contributed by atoms with Crippen LogP contribution < -0.4 is 15.4 Å². The summed E-state index contributed by atoms with van der Waals surface area (Å²) in [6, 6.07) is 7.82. The molecular weight excluding hydrogens is 322 g/mol. The van der Waals surface area contributed by atoms with Gasteiger partial charge in [0.2, 0.25) is 0 Å². The maximum absolute atomic E-state index is 10.1. The third-order valence-electron chi connectivity index (χ3n) is 3.76. The summed E-state index contributed by atoms with van der Waals surface area (Å²) in [7, 11) is 0. The Hall–Kier alpha value is -1.40. The Morgan fingerprint density at radius 1 is 1.46 bits per heavy atom. The lowest BCUT2D eigenvalue weighted by Gasteiger charge is -2.16. The molecule has 6 heteroatoms. The molecule has 134 valence electrons. The van der Waals surface area contributed by atoms with Crippen molar-refractivity contribution in [1.29, 1.82) is 0 Å². The molecule has 0 radical (unpaired) electrons. The number of benzene rings is 1. The molecule has 0 aromatic heterocycles. The third kappa shape index (κ3) is 7.01. The van der Waals surface area contributed by atoms with E-state index in [1.807, 2.05) is 49.9 Å². The zero-order chi connectivity index (χ0) is 17.2. The Balaban J connectivity index is 1.74. The molecule has 1 aliphatic rings. The molecule has 1 aromatic carbocycles. The number of aliphatic hydroxyl groups excluding tert-OH is 1. The molecule has 0 spiro atoms. The lowest BCUT2D eigenvalue weighted by atomic mass is 10.2. The topological polar surface area (TPSA) is 65.9 Å². The van der Waals surface area contributed by atoms with Crippen LogP contribution in [0.3, 0.4) is 0 Å². The minimum atomic E-state index is -0.623. The number of hydrogen-bond acceptors (Lipinski definition) is 4. The number of ether oxygens (including phenoxy) is 1. The zero-order valence-corrected chi connectivity index (χ0v) is 15.4. The van der Waals surface area contributed by atoms with Gasteiger partial charge in [-0.2, -0.15) is 11.8 Å². The predicted octanol–water partition coefficient (Wildman–Crippen LogP) is 2.19. The lowest BCUT2D eigenvalue weighted by Crippen LogP contribution is -2.40. The summed E-state index contributed by atoms with van der Waals surface area (Å²) in [6.07, 6.45) is 1.95. The molecule has 1 aliphatic heterocycles. The fourth-order valence-electron chi connectivity index (χ4n) is 2.50. The third-order valence-corrected chi connectivity index (χ3v) is 5.16. The summed E-state index contributed by atoms with van der Waals surface area (Å²) in [5.74, 6) is 2.80. The van der Waals surface area contributed by atoms with E-state index >= 15 is 0 Å². The van der Waals surface area contributed by atoms with Crippen LogP contribution in [0, 0.1) is 6.92 Å². The van der Waals surface area contributed by atoms with E-state index in [9.17, 15) is 5.11 Å². The molecule has 0 bridgehead atoms. The Kier molecular flexibility index (Phi) is 8.25. The molecule has 1 fully saturated rings. The van der Waals surface area contributed by atoms with Crippen molar-refractivity contribution in [2.45, 2.75) is 38.0 Å². The Bertz CT molecular complexity index is 519. The second-order valence-corrected chi connectivity index (χ2v) is 7.43. The minimum absolute atomic E-state index is 0.241. The van der Waals surface area contributed by atoms with E-state index in [4.69, 9.17) is 4.74 Å². The van der Waals surface area contributed by atoms with Gasteiger partial charge < -0.3 is 20.5 Å². The molecule has 2 unspecified atom stereocenters. The van der Waals surface area contributed by atoms with Gasteiger partial charge in [0.1, 0.15) is 18.5 Å². The molecule has 0 amide bonds. The zero-order valence-electron chi connectivity index (χ0n) is 14.6. The van der Waals surface area contributed by atoms with E-state index in [0.29, 0.717) is 11.8 Å². The van der Waals surface area contributed by atoms with E-state index in [0.717, 1.165) is 30.4 Å². The molecule has 2 atom stereocenters. The predicted molar refractivity (Wildman–Crippen MR) is 102 cm³/mol. The maximum Gasteiger partial charge on any atom is 0.191 e. The first-order valence-electron chi connectivity index (χ1n) is 8.68. The number of hydrogen-bond donors (Lipinski definition) is 3. The monoisotopic (exact) mass is 351 g/mol. The SMILES string of the molecule is CCNC(=NCC(O)COc1cccc(C)c1)NCC1CCCS1. The quantitative estimate of drug-likeness (QED) is 0.495. The Morgan fingerprint density at radius 2 is 2.33 bits per heavy atom. The fourth-order valence-corrected chi connectivity index (χ4v) is 3.71. The van der Waals surface area contributed by atoms with Gasteiger partial charge in [0.15, 0.2) is 5.96 Å². The largest absolute Gasteiger partial charge is 0.491 e. The van der Waals surface area contributed by atoms with E-state index in [-0.39, 0.29) is 6.61 Å². The molecule has 1 aromatic rings. The molecular formula is C18H29N3O2S. The van der Waals surface area contributed by atoms with Crippen molar-refractivity contribution >= 4 is 17.7 Å². The summed E-state index contributed by atoms with van der Waals surface area (Å²) in [5, 5.41) is 17.3.